The summed E-state index contributed by atoms with van der Waals surface area (Å²) in [6.07, 6.45) is 13.0. The van der Waals surface area contributed by atoms with Gasteiger partial charge >= 0.3 is 0 Å². The number of hydrogen-bond donors (Lipinski definition) is 0. The predicted octanol–water partition coefficient (Wildman–Crippen LogP) is 3.89. The number of rotatable bonds is 3. The minimum atomic E-state index is 0.848. The molecule has 0 spiro atoms. The fraction of sp³-hybridized carbons (Fsp3) is 0.750. The molecule has 0 aromatic carbocycles. The molecule has 0 radical (unpaired) electrons. The Morgan fingerprint density at radius 3 is 2.54 bits per heavy atom. The van der Waals surface area contributed by atoms with Crippen molar-refractivity contribution in [2.24, 2.45) is 17.8 Å². The summed E-state index contributed by atoms with van der Waals surface area (Å²) in [6.45, 7) is 3.78. The Morgan fingerprint density at radius 1 is 1.00 bits per heavy atom. The number of hydrogen-bond acceptors (Lipinski definition) is 4. The van der Waals surface area contributed by atoms with E-state index in [0.29, 0.717) is 0 Å². The van der Waals surface area contributed by atoms with E-state index in [2.05, 4.69) is 28.2 Å². The molecule has 1 aromatic rings. The summed E-state index contributed by atoms with van der Waals surface area (Å²) >= 11 is 1.78. The maximum atomic E-state index is 4.75. The summed E-state index contributed by atoms with van der Waals surface area (Å²) in [5, 5.41) is 0. The summed E-state index contributed by atoms with van der Waals surface area (Å²) in [5.74, 6) is 3.96. The highest BCUT2D eigenvalue weighted by molar-refractivity contribution is 7.98. The molecule has 5 rings (SSSR count). The fourth-order valence-corrected chi connectivity index (χ4v) is 6.06. The van der Waals surface area contributed by atoms with E-state index in [1.165, 1.54) is 68.9 Å². The second-order valence-electron chi connectivity index (χ2n) is 8.42. The van der Waals surface area contributed by atoms with E-state index >= 15 is 0 Å². The molecule has 1 saturated carbocycles. The van der Waals surface area contributed by atoms with Crippen LogP contribution in [0.4, 0.5) is 5.82 Å². The minimum absolute atomic E-state index is 0.848. The van der Waals surface area contributed by atoms with Crippen molar-refractivity contribution < 1.29 is 0 Å². The average molecular weight is 344 g/mol. The quantitative estimate of drug-likeness (QED) is 0.775. The van der Waals surface area contributed by atoms with Crippen molar-refractivity contribution in [3.05, 3.63) is 18.3 Å². The Kier molecular flexibility index (Phi) is 4.01. The van der Waals surface area contributed by atoms with Crippen LogP contribution in [0.15, 0.2) is 23.2 Å². The van der Waals surface area contributed by atoms with Gasteiger partial charge in [-0.3, -0.25) is 4.90 Å². The van der Waals surface area contributed by atoms with Crippen molar-refractivity contribution in [1.29, 1.82) is 0 Å². The van der Waals surface area contributed by atoms with Gasteiger partial charge in [0.15, 0.2) is 0 Å². The van der Waals surface area contributed by atoms with Crippen LogP contribution in [0.25, 0.3) is 0 Å². The number of thioether (sulfide) groups is 1. The molecule has 4 aliphatic rings. The van der Waals surface area contributed by atoms with Crippen LogP contribution < -0.4 is 4.90 Å². The number of pyridine rings is 1. The van der Waals surface area contributed by atoms with Gasteiger partial charge in [0, 0.05) is 42.8 Å². The van der Waals surface area contributed by atoms with Crippen LogP contribution in [0.2, 0.25) is 0 Å². The predicted molar refractivity (Wildman–Crippen MR) is 101 cm³/mol. The number of anilines is 1. The molecule has 1 aromatic heterocycles. The lowest BCUT2D eigenvalue weighted by molar-refractivity contribution is -0.0259. The third-order valence-corrected chi connectivity index (χ3v) is 7.59. The Bertz CT molecular complexity index is 585. The van der Waals surface area contributed by atoms with Gasteiger partial charge in [-0.1, -0.05) is 6.42 Å². The lowest BCUT2D eigenvalue weighted by atomic mass is 9.74. The summed E-state index contributed by atoms with van der Waals surface area (Å²) in [7, 11) is 0. The van der Waals surface area contributed by atoms with Gasteiger partial charge in [0.25, 0.3) is 0 Å². The molecule has 4 heterocycles. The number of aromatic nitrogens is 1. The molecule has 1 aliphatic carbocycles. The Balaban J connectivity index is 1.34. The zero-order valence-electron chi connectivity index (χ0n) is 14.7. The second kappa shape index (κ2) is 6.21. The van der Waals surface area contributed by atoms with Gasteiger partial charge in [-0.2, -0.15) is 0 Å². The third kappa shape index (κ3) is 2.76. The first-order valence-corrected chi connectivity index (χ1v) is 11.0. The van der Waals surface area contributed by atoms with Crippen molar-refractivity contribution in [3.8, 4) is 0 Å². The van der Waals surface area contributed by atoms with Crippen LogP contribution in [0.1, 0.15) is 38.5 Å². The Morgan fingerprint density at radius 2 is 1.83 bits per heavy atom. The van der Waals surface area contributed by atoms with Gasteiger partial charge in [-0.25, -0.2) is 4.98 Å². The maximum absolute atomic E-state index is 4.75. The monoisotopic (exact) mass is 343 g/mol. The van der Waals surface area contributed by atoms with E-state index in [1.54, 1.807) is 11.8 Å². The summed E-state index contributed by atoms with van der Waals surface area (Å²) in [6, 6.07) is 6.25. The molecule has 4 heteroatoms. The van der Waals surface area contributed by atoms with E-state index < -0.39 is 0 Å². The van der Waals surface area contributed by atoms with Crippen molar-refractivity contribution in [3.63, 3.8) is 0 Å². The molecule has 4 fully saturated rings. The highest BCUT2D eigenvalue weighted by atomic mass is 32.2. The SMILES string of the molecule is CSc1ccc(N2C[C@@H]3C[C@H](C2)[C@@H]2CCC[C@H](C4CC4)N2C3)nc1. The first-order valence-electron chi connectivity index (χ1n) is 9.82. The van der Waals surface area contributed by atoms with Crippen LogP contribution >= 0.6 is 11.8 Å². The molecule has 24 heavy (non-hydrogen) atoms. The van der Waals surface area contributed by atoms with Gasteiger partial charge in [-0.05, 0) is 68.2 Å². The summed E-state index contributed by atoms with van der Waals surface area (Å²) < 4.78 is 0. The topological polar surface area (TPSA) is 19.4 Å². The standard InChI is InChI=1S/C20H29N3S/c1-24-17-7-8-20(21-10-17)22-11-14-9-16(13-22)19-4-2-3-18(15-5-6-15)23(19)12-14/h7-8,10,14-16,18-19H,2-6,9,11-13H2,1H3/t14-,16+,18+,19-/m0/s1. The van der Waals surface area contributed by atoms with Crippen molar-refractivity contribution in [2.45, 2.75) is 55.5 Å². The lowest BCUT2D eigenvalue weighted by Gasteiger charge is -2.55. The molecule has 130 valence electrons. The smallest absolute Gasteiger partial charge is 0.128 e. The van der Waals surface area contributed by atoms with E-state index in [1.807, 2.05) is 6.20 Å². The van der Waals surface area contributed by atoms with Gasteiger partial charge in [0.2, 0.25) is 0 Å². The maximum Gasteiger partial charge on any atom is 0.128 e. The molecule has 2 bridgehead atoms. The Hall–Kier alpha value is -0.740. The number of fused-ring (bicyclic) bond motifs is 4. The molecule has 0 N–H and O–H groups in total. The second-order valence-corrected chi connectivity index (χ2v) is 9.30. The average Bonchev–Trinajstić information content (AvgIpc) is 3.46. The highest BCUT2D eigenvalue weighted by Gasteiger charge is 2.48. The first kappa shape index (κ1) is 15.5. The number of piperidine rings is 3. The molecule has 3 nitrogen and oxygen atoms in total. The van der Waals surface area contributed by atoms with Crippen LogP contribution in [0.3, 0.4) is 0 Å². The van der Waals surface area contributed by atoms with E-state index in [9.17, 15) is 0 Å². The summed E-state index contributed by atoms with van der Waals surface area (Å²) in [5.41, 5.74) is 0. The van der Waals surface area contributed by atoms with E-state index in [4.69, 9.17) is 4.98 Å². The van der Waals surface area contributed by atoms with Crippen molar-refractivity contribution in [2.75, 3.05) is 30.8 Å². The molecule has 0 unspecified atom stereocenters. The minimum Gasteiger partial charge on any atom is -0.356 e. The molecular formula is C20H29N3S. The number of nitrogens with zero attached hydrogens (tertiary/aromatic N) is 3. The molecule has 0 amide bonds. The van der Waals surface area contributed by atoms with Crippen molar-refractivity contribution in [1.82, 2.24) is 9.88 Å². The summed E-state index contributed by atoms with van der Waals surface area (Å²) in [4.78, 5) is 11.6. The van der Waals surface area contributed by atoms with Gasteiger partial charge in [0.05, 0.1) is 0 Å². The zero-order chi connectivity index (χ0) is 16.1. The fourth-order valence-electron chi connectivity index (χ4n) is 5.70. The molecule has 3 saturated heterocycles. The van der Waals surface area contributed by atoms with Crippen LogP contribution in [0, 0.1) is 17.8 Å². The van der Waals surface area contributed by atoms with E-state index in [-0.39, 0.29) is 0 Å². The highest BCUT2D eigenvalue weighted by Crippen LogP contribution is 2.46. The van der Waals surface area contributed by atoms with Gasteiger partial charge < -0.3 is 4.90 Å². The van der Waals surface area contributed by atoms with Gasteiger partial charge in [-0.15, -0.1) is 11.8 Å². The van der Waals surface area contributed by atoms with E-state index in [0.717, 1.165) is 29.8 Å². The third-order valence-electron chi connectivity index (χ3n) is 6.88. The normalized spacial score (nSPS) is 36.5. The molecular weight excluding hydrogens is 314 g/mol. The molecule has 4 atom stereocenters. The molecule has 3 aliphatic heterocycles. The van der Waals surface area contributed by atoms with Crippen LogP contribution in [-0.2, 0) is 0 Å². The van der Waals surface area contributed by atoms with Crippen molar-refractivity contribution >= 4 is 17.6 Å². The lowest BCUT2D eigenvalue weighted by Crippen LogP contribution is -2.62. The largest absolute Gasteiger partial charge is 0.356 e. The van der Waals surface area contributed by atoms with Gasteiger partial charge in [0.1, 0.15) is 5.82 Å². The van der Waals surface area contributed by atoms with Crippen LogP contribution in [0.5, 0.6) is 0 Å². The first-order chi connectivity index (χ1) is 11.8. The van der Waals surface area contributed by atoms with Crippen LogP contribution in [-0.4, -0.2) is 47.9 Å². The Labute approximate surface area is 150 Å². The zero-order valence-corrected chi connectivity index (χ0v) is 15.5.